The molecule has 14 rings (SSSR count). The monoisotopic (exact) mass is 747 g/mol. The Labute approximate surface area is 342 Å². The van der Waals surface area contributed by atoms with Crippen LogP contribution < -0.4 is 20.7 Å². The van der Waals surface area contributed by atoms with E-state index in [1.54, 1.807) is 0 Å². The van der Waals surface area contributed by atoms with Gasteiger partial charge in [0.05, 0.1) is 11.1 Å². The maximum Gasteiger partial charge on any atom is 0.333 e. The highest BCUT2D eigenvalue weighted by Crippen LogP contribution is 2.64. The Balaban J connectivity index is 1.17. The summed E-state index contributed by atoms with van der Waals surface area (Å²) in [6.45, 7) is -0.0475. The lowest BCUT2D eigenvalue weighted by atomic mass is 9.44. The second kappa shape index (κ2) is 11.3. The van der Waals surface area contributed by atoms with E-state index < -0.39 is 5.41 Å². The summed E-state index contributed by atoms with van der Waals surface area (Å²) in [5.74, 6) is 0. The molecule has 9 aromatic carbocycles. The third-order valence-corrected chi connectivity index (χ3v) is 13.7. The summed E-state index contributed by atoms with van der Waals surface area (Å²) >= 11 is 0. The molecule has 0 unspecified atom stereocenters. The van der Waals surface area contributed by atoms with Crippen LogP contribution in [0.1, 0.15) is 22.3 Å². The van der Waals surface area contributed by atoms with Crippen LogP contribution >= 0.6 is 0 Å². The number of nitrogens with zero attached hydrogens (tertiary/aromatic N) is 3. The highest BCUT2D eigenvalue weighted by Gasteiger charge is 2.55. The quantitative estimate of drug-likeness (QED) is 0.167. The van der Waals surface area contributed by atoms with Gasteiger partial charge in [0.2, 0.25) is 0 Å². The van der Waals surface area contributed by atoms with Crippen molar-refractivity contribution in [3.8, 4) is 22.3 Å². The molecule has 0 amide bonds. The van der Waals surface area contributed by atoms with E-state index in [2.05, 4.69) is 221 Å². The van der Waals surface area contributed by atoms with E-state index in [9.17, 15) is 0 Å². The van der Waals surface area contributed by atoms with Gasteiger partial charge in [0.15, 0.2) is 0 Å². The summed E-state index contributed by atoms with van der Waals surface area (Å²) in [5, 5.41) is 2.59. The fourth-order valence-electron chi connectivity index (χ4n) is 11.7. The fraction of sp³-hybridized carbons (Fsp3) is 0.0182. The van der Waals surface area contributed by atoms with Crippen molar-refractivity contribution in [2.45, 2.75) is 5.41 Å². The SMILES string of the molecule is c1ccc(N(c2ccccc2)c2cc3c4c(c2)N2c5ccccc5C5(c6ccccc6-c6ccccc65)c5cccc(c52)B4n2c4ccccc4c4cccc-3c42)cc1. The Bertz CT molecular complexity index is 3340. The maximum atomic E-state index is 2.67. The molecule has 1 aromatic heterocycles. The Morgan fingerprint density at radius 3 is 1.73 bits per heavy atom. The van der Waals surface area contributed by atoms with Gasteiger partial charge in [0.25, 0.3) is 0 Å². The van der Waals surface area contributed by atoms with Crippen molar-refractivity contribution in [2.24, 2.45) is 0 Å². The van der Waals surface area contributed by atoms with Crippen LogP contribution in [0.4, 0.5) is 34.1 Å². The third-order valence-electron chi connectivity index (χ3n) is 13.7. The molecule has 4 heteroatoms. The molecular formula is C55H34BN3. The molecule has 1 spiro atoms. The lowest BCUT2D eigenvalue weighted by Gasteiger charge is -2.50. The number of anilines is 6. The van der Waals surface area contributed by atoms with Crippen molar-refractivity contribution < 1.29 is 0 Å². The molecule has 272 valence electrons. The number of para-hydroxylation sites is 6. The fourth-order valence-corrected chi connectivity index (χ4v) is 11.7. The molecule has 0 bridgehead atoms. The predicted octanol–water partition coefficient (Wildman–Crippen LogP) is 12.4. The van der Waals surface area contributed by atoms with Crippen molar-refractivity contribution in [3.63, 3.8) is 0 Å². The highest BCUT2D eigenvalue weighted by atomic mass is 15.2. The minimum Gasteiger partial charge on any atom is -0.375 e. The molecular weight excluding hydrogens is 713 g/mol. The average molecular weight is 748 g/mol. The van der Waals surface area contributed by atoms with Crippen LogP contribution in [0.5, 0.6) is 0 Å². The van der Waals surface area contributed by atoms with Gasteiger partial charge in [0.1, 0.15) is 0 Å². The largest absolute Gasteiger partial charge is 0.375 e. The number of hydrogen-bond donors (Lipinski definition) is 0. The zero-order chi connectivity index (χ0) is 38.4. The Hall–Kier alpha value is -7.56. The standard InChI is InChI=1S/C55H34BN3/c1-3-17-35(18-4-1)57(36-19-5-2-6-20-36)37-33-43-42-25-15-24-41-40-23-9-13-31-49(40)59(53(41)42)56-48-30-16-29-47-54(48)58(51(34-37)52(43)56)50-32-14-12-28-46(50)55(47)44-26-10-7-21-38(44)39-22-8-11-27-45(39)55/h1-34H. The normalized spacial score (nSPS) is 14.2. The van der Waals surface area contributed by atoms with Gasteiger partial charge in [-0.3, -0.25) is 0 Å². The van der Waals surface area contributed by atoms with E-state index in [1.165, 1.54) is 94.3 Å². The zero-order valence-corrected chi connectivity index (χ0v) is 32.0. The van der Waals surface area contributed by atoms with E-state index in [0.717, 1.165) is 17.1 Å². The van der Waals surface area contributed by atoms with Crippen LogP contribution in [0.2, 0.25) is 0 Å². The van der Waals surface area contributed by atoms with Gasteiger partial charge in [-0.2, -0.15) is 0 Å². The number of benzene rings is 9. The van der Waals surface area contributed by atoms with Gasteiger partial charge in [-0.15, -0.1) is 0 Å². The third kappa shape index (κ3) is 3.80. The number of rotatable bonds is 3. The molecule has 4 heterocycles. The zero-order valence-electron chi connectivity index (χ0n) is 32.0. The Kier molecular flexibility index (Phi) is 6.04. The second-order valence-corrected chi connectivity index (χ2v) is 16.4. The van der Waals surface area contributed by atoms with Gasteiger partial charge in [-0.1, -0.05) is 158 Å². The maximum absolute atomic E-state index is 2.67. The van der Waals surface area contributed by atoms with Gasteiger partial charge in [0, 0.05) is 55.8 Å². The second-order valence-electron chi connectivity index (χ2n) is 16.4. The van der Waals surface area contributed by atoms with E-state index in [-0.39, 0.29) is 6.85 Å². The van der Waals surface area contributed by atoms with Crippen molar-refractivity contribution >= 4 is 73.7 Å². The average Bonchev–Trinajstić information content (AvgIpc) is 3.79. The topological polar surface area (TPSA) is 11.4 Å². The van der Waals surface area contributed by atoms with Crippen LogP contribution in [0, 0.1) is 0 Å². The highest BCUT2D eigenvalue weighted by molar-refractivity contribution is 6.90. The van der Waals surface area contributed by atoms with E-state index in [1.807, 2.05) is 0 Å². The summed E-state index contributed by atoms with van der Waals surface area (Å²) in [6, 6.07) is 77.2. The molecule has 1 aliphatic carbocycles. The molecule has 3 nitrogen and oxygen atoms in total. The smallest absolute Gasteiger partial charge is 0.333 e. The van der Waals surface area contributed by atoms with E-state index >= 15 is 0 Å². The molecule has 0 saturated heterocycles. The first kappa shape index (κ1) is 31.5. The minimum atomic E-state index is -0.496. The molecule has 59 heavy (non-hydrogen) atoms. The first-order valence-corrected chi connectivity index (χ1v) is 20.6. The molecule has 0 radical (unpaired) electrons. The molecule has 0 saturated carbocycles. The van der Waals surface area contributed by atoms with Crippen molar-refractivity contribution in [3.05, 3.63) is 229 Å². The van der Waals surface area contributed by atoms with Gasteiger partial charge >= 0.3 is 6.85 Å². The first-order chi connectivity index (χ1) is 29.3. The molecule has 0 N–H and O–H groups in total. The first-order valence-electron chi connectivity index (χ1n) is 20.6. The molecule has 0 fully saturated rings. The summed E-state index contributed by atoms with van der Waals surface area (Å²) in [4.78, 5) is 5.07. The van der Waals surface area contributed by atoms with Crippen molar-refractivity contribution in [1.82, 2.24) is 4.48 Å². The Morgan fingerprint density at radius 2 is 0.983 bits per heavy atom. The lowest BCUT2D eigenvalue weighted by molar-refractivity contribution is 0.753. The van der Waals surface area contributed by atoms with Crippen molar-refractivity contribution in [2.75, 3.05) is 9.80 Å². The van der Waals surface area contributed by atoms with Crippen LogP contribution in [0.3, 0.4) is 0 Å². The van der Waals surface area contributed by atoms with E-state index in [4.69, 9.17) is 0 Å². The molecule has 3 aliphatic heterocycles. The molecule has 10 aromatic rings. The summed E-state index contributed by atoms with van der Waals surface area (Å²) < 4.78 is 2.67. The lowest BCUT2D eigenvalue weighted by Crippen LogP contribution is -2.58. The van der Waals surface area contributed by atoms with Crippen LogP contribution in [-0.4, -0.2) is 11.3 Å². The summed E-state index contributed by atoms with van der Waals surface area (Å²) in [7, 11) is 0. The van der Waals surface area contributed by atoms with Crippen LogP contribution in [-0.2, 0) is 5.41 Å². The molecule has 4 aliphatic rings. The minimum absolute atomic E-state index is 0.0475. The van der Waals surface area contributed by atoms with Gasteiger partial charge in [-0.25, -0.2) is 0 Å². The summed E-state index contributed by atoms with van der Waals surface area (Å²) in [5.41, 5.74) is 22.4. The van der Waals surface area contributed by atoms with Gasteiger partial charge < -0.3 is 14.3 Å². The van der Waals surface area contributed by atoms with E-state index in [0.29, 0.717) is 0 Å². The van der Waals surface area contributed by atoms with Crippen molar-refractivity contribution in [1.29, 1.82) is 0 Å². The van der Waals surface area contributed by atoms with Crippen LogP contribution in [0.25, 0.3) is 44.1 Å². The molecule has 0 atom stereocenters. The number of fused-ring (bicyclic) bond motifs is 16. The van der Waals surface area contributed by atoms with Crippen LogP contribution in [0.15, 0.2) is 206 Å². The number of hydrogen-bond acceptors (Lipinski definition) is 2. The number of aromatic nitrogens is 1. The van der Waals surface area contributed by atoms with Gasteiger partial charge in [-0.05, 0) is 98.4 Å². The summed E-state index contributed by atoms with van der Waals surface area (Å²) in [6.07, 6.45) is 0. The Morgan fingerprint density at radius 1 is 0.407 bits per heavy atom. The predicted molar refractivity (Wildman–Crippen MR) is 246 cm³/mol.